The first-order chi connectivity index (χ1) is 10.9. The minimum absolute atomic E-state index is 0.812. The van der Waals surface area contributed by atoms with E-state index in [-0.39, 0.29) is 0 Å². The molecule has 4 heteroatoms. The second kappa shape index (κ2) is 6.39. The van der Waals surface area contributed by atoms with Gasteiger partial charge in [0, 0.05) is 30.1 Å². The SMILES string of the molecule is c1ccc(-c2csc(N3CCC(N4CCCC4)CC3)n2)cc1. The molecule has 0 spiro atoms. The predicted octanol–water partition coefficient (Wildman–Crippen LogP) is 3.87. The number of likely N-dealkylation sites (tertiary alicyclic amines) is 1. The van der Waals surface area contributed by atoms with Crippen LogP contribution >= 0.6 is 11.3 Å². The second-order valence-corrected chi connectivity index (χ2v) is 7.18. The molecule has 0 aliphatic carbocycles. The van der Waals surface area contributed by atoms with Crippen LogP contribution in [0.25, 0.3) is 11.3 Å². The largest absolute Gasteiger partial charge is 0.348 e. The Hall–Kier alpha value is -1.39. The summed E-state index contributed by atoms with van der Waals surface area (Å²) >= 11 is 1.79. The lowest BCUT2D eigenvalue weighted by Gasteiger charge is -2.36. The fourth-order valence-electron chi connectivity index (χ4n) is 3.68. The molecule has 2 fully saturated rings. The molecule has 116 valence electrons. The van der Waals surface area contributed by atoms with Crippen molar-refractivity contribution in [2.45, 2.75) is 31.7 Å². The summed E-state index contributed by atoms with van der Waals surface area (Å²) in [5.74, 6) is 0. The highest BCUT2D eigenvalue weighted by Gasteiger charge is 2.27. The van der Waals surface area contributed by atoms with E-state index in [1.54, 1.807) is 11.3 Å². The van der Waals surface area contributed by atoms with Gasteiger partial charge in [-0.05, 0) is 38.8 Å². The summed E-state index contributed by atoms with van der Waals surface area (Å²) in [7, 11) is 0. The maximum atomic E-state index is 4.86. The van der Waals surface area contributed by atoms with Gasteiger partial charge in [0.25, 0.3) is 0 Å². The summed E-state index contributed by atoms with van der Waals surface area (Å²) < 4.78 is 0. The van der Waals surface area contributed by atoms with Gasteiger partial charge in [-0.1, -0.05) is 30.3 Å². The van der Waals surface area contributed by atoms with Crippen LogP contribution in [0.15, 0.2) is 35.7 Å². The van der Waals surface area contributed by atoms with Crippen molar-refractivity contribution in [1.82, 2.24) is 9.88 Å². The van der Waals surface area contributed by atoms with Crippen LogP contribution in [0.4, 0.5) is 5.13 Å². The van der Waals surface area contributed by atoms with Gasteiger partial charge in [-0.15, -0.1) is 11.3 Å². The van der Waals surface area contributed by atoms with Crippen molar-refractivity contribution in [2.75, 3.05) is 31.1 Å². The number of nitrogens with zero attached hydrogens (tertiary/aromatic N) is 3. The quantitative estimate of drug-likeness (QED) is 0.857. The van der Waals surface area contributed by atoms with E-state index in [1.807, 2.05) is 0 Å². The van der Waals surface area contributed by atoms with Crippen LogP contribution < -0.4 is 4.90 Å². The van der Waals surface area contributed by atoms with Crippen molar-refractivity contribution in [3.05, 3.63) is 35.7 Å². The molecular weight excluding hydrogens is 290 g/mol. The zero-order valence-corrected chi connectivity index (χ0v) is 13.8. The Labute approximate surface area is 136 Å². The summed E-state index contributed by atoms with van der Waals surface area (Å²) in [6.45, 7) is 4.95. The van der Waals surface area contributed by atoms with Gasteiger partial charge in [0.05, 0.1) is 5.69 Å². The fourth-order valence-corrected chi connectivity index (χ4v) is 4.57. The molecule has 0 saturated carbocycles. The molecule has 0 unspecified atom stereocenters. The number of benzene rings is 1. The molecule has 3 nitrogen and oxygen atoms in total. The molecule has 1 aromatic heterocycles. The molecule has 2 aromatic rings. The van der Waals surface area contributed by atoms with Crippen molar-refractivity contribution in [3.63, 3.8) is 0 Å². The Balaban J connectivity index is 1.40. The lowest BCUT2D eigenvalue weighted by atomic mass is 10.0. The summed E-state index contributed by atoms with van der Waals surface area (Å²) in [6.07, 6.45) is 5.38. The molecule has 2 aliphatic rings. The van der Waals surface area contributed by atoms with Gasteiger partial charge in [0.1, 0.15) is 0 Å². The molecule has 0 N–H and O–H groups in total. The third-order valence-electron chi connectivity index (χ3n) is 4.95. The first kappa shape index (κ1) is 14.2. The first-order valence-corrected chi connectivity index (χ1v) is 9.28. The Kier molecular flexibility index (Phi) is 4.13. The van der Waals surface area contributed by atoms with Crippen molar-refractivity contribution >= 4 is 16.5 Å². The van der Waals surface area contributed by atoms with E-state index in [0.717, 1.165) is 24.8 Å². The number of piperidine rings is 1. The average molecular weight is 313 g/mol. The van der Waals surface area contributed by atoms with Crippen LogP contribution in [0.2, 0.25) is 0 Å². The first-order valence-electron chi connectivity index (χ1n) is 8.40. The van der Waals surface area contributed by atoms with Gasteiger partial charge in [0.2, 0.25) is 0 Å². The highest BCUT2D eigenvalue weighted by molar-refractivity contribution is 7.14. The van der Waals surface area contributed by atoms with Crippen LogP contribution in [-0.4, -0.2) is 42.1 Å². The zero-order chi connectivity index (χ0) is 14.8. The number of rotatable bonds is 3. The zero-order valence-electron chi connectivity index (χ0n) is 12.9. The lowest BCUT2D eigenvalue weighted by molar-refractivity contribution is 0.208. The fraction of sp³-hybridized carbons (Fsp3) is 0.500. The molecule has 4 rings (SSSR count). The minimum Gasteiger partial charge on any atom is -0.348 e. The van der Waals surface area contributed by atoms with E-state index in [4.69, 9.17) is 4.98 Å². The second-order valence-electron chi connectivity index (χ2n) is 6.34. The third kappa shape index (κ3) is 2.90. The summed E-state index contributed by atoms with van der Waals surface area (Å²) in [5.41, 5.74) is 2.33. The number of thiazole rings is 1. The van der Waals surface area contributed by atoms with E-state index >= 15 is 0 Å². The summed E-state index contributed by atoms with van der Waals surface area (Å²) in [4.78, 5) is 10.0. The monoisotopic (exact) mass is 313 g/mol. The highest BCUT2D eigenvalue weighted by Crippen LogP contribution is 2.30. The number of hydrogen-bond acceptors (Lipinski definition) is 4. The predicted molar refractivity (Wildman–Crippen MR) is 93.6 cm³/mol. The van der Waals surface area contributed by atoms with Crippen molar-refractivity contribution in [2.24, 2.45) is 0 Å². The van der Waals surface area contributed by atoms with Crippen LogP contribution in [0.3, 0.4) is 0 Å². The lowest BCUT2D eigenvalue weighted by Crippen LogP contribution is -2.43. The normalized spacial score (nSPS) is 20.6. The Morgan fingerprint density at radius 2 is 1.68 bits per heavy atom. The molecule has 3 heterocycles. The van der Waals surface area contributed by atoms with Gasteiger partial charge in [-0.3, -0.25) is 0 Å². The molecule has 22 heavy (non-hydrogen) atoms. The summed E-state index contributed by atoms with van der Waals surface area (Å²) in [6, 6.07) is 11.3. The van der Waals surface area contributed by atoms with Crippen LogP contribution in [-0.2, 0) is 0 Å². The molecule has 2 saturated heterocycles. The van der Waals surface area contributed by atoms with Crippen LogP contribution in [0.1, 0.15) is 25.7 Å². The van der Waals surface area contributed by atoms with Crippen LogP contribution in [0, 0.1) is 0 Å². The van der Waals surface area contributed by atoms with Gasteiger partial charge >= 0.3 is 0 Å². The maximum Gasteiger partial charge on any atom is 0.185 e. The highest BCUT2D eigenvalue weighted by atomic mass is 32.1. The van der Waals surface area contributed by atoms with E-state index in [9.17, 15) is 0 Å². The van der Waals surface area contributed by atoms with E-state index in [2.05, 4.69) is 45.5 Å². The molecule has 1 aromatic carbocycles. The minimum atomic E-state index is 0.812. The van der Waals surface area contributed by atoms with Gasteiger partial charge in [-0.25, -0.2) is 4.98 Å². The van der Waals surface area contributed by atoms with Crippen molar-refractivity contribution < 1.29 is 0 Å². The molecule has 0 radical (unpaired) electrons. The number of anilines is 1. The summed E-state index contributed by atoms with van der Waals surface area (Å²) in [5, 5.41) is 3.38. The van der Waals surface area contributed by atoms with E-state index in [0.29, 0.717) is 0 Å². The average Bonchev–Trinajstić information content (AvgIpc) is 3.28. The molecule has 0 amide bonds. The smallest absolute Gasteiger partial charge is 0.185 e. The van der Waals surface area contributed by atoms with Crippen molar-refractivity contribution in [3.8, 4) is 11.3 Å². The standard InChI is InChI=1S/C18H23N3S/c1-2-6-15(7-3-1)17-14-22-18(19-17)21-12-8-16(9-13-21)20-10-4-5-11-20/h1-3,6-7,14,16H,4-5,8-13H2. The topological polar surface area (TPSA) is 19.4 Å². The van der Waals surface area contributed by atoms with E-state index < -0.39 is 0 Å². The maximum absolute atomic E-state index is 4.86. The molecule has 0 bridgehead atoms. The molecule has 0 atom stereocenters. The molecular formula is C18H23N3S. The van der Waals surface area contributed by atoms with Gasteiger partial charge < -0.3 is 9.80 Å². The Bertz CT molecular complexity index is 596. The Morgan fingerprint density at radius 1 is 0.955 bits per heavy atom. The Morgan fingerprint density at radius 3 is 2.41 bits per heavy atom. The van der Waals surface area contributed by atoms with Gasteiger partial charge in [-0.2, -0.15) is 0 Å². The van der Waals surface area contributed by atoms with Crippen LogP contribution in [0.5, 0.6) is 0 Å². The molecule has 2 aliphatic heterocycles. The number of hydrogen-bond donors (Lipinski definition) is 0. The number of aromatic nitrogens is 1. The van der Waals surface area contributed by atoms with Crippen molar-refractivity contribution in [1.29, 1.82) is 0 Å². The third-order valence-corrected chi connectivity index (χ3v) is 5.86. The van der Waals surface area contributed by atoms with Gasteiger partial charge in [0.15, 0.2) is 5.13 Å². The van der Waals surface area contributed by atoms with E-state index in [1.165, 1.54) is 49.5 Å².